The third-order valence-electron chi connectivity index (χ3n) is 2.53. The van der Waals surface area contributed by atoms with Gasteiger partial charge in [0.25, 0.3) is 0 Å². The van der Waals surface area contributed by atoms with E-state index < -0.39 is 16.6 Å². The van der Waals surface area contributed by atoms with Crippen LogP contribution in [0, 0.1) is 25.1 Å². The zero-order valence-corrected chi connectivity index (χ0v) is 10.6. The molecular formula is C15H11FOS. The van der Waals surface area contributed by atoms with E-state index in [0.717, 1.165) is 5.56 Å². The highest BCUT2D eigenvalue weighted by atomic mass is 32.2. The Bertz CT molecular complexity index is 639. The van der Waals surface area contributed by atoms with E-state index in [2.05, 4.69) is 5.92 Å². The SMILES string of the molecule is C#Cc1ccc(F)c(S(=O)c2ccc(C)cc2)c1. The predicted octanol–water partition coefficient (Wildman–Crippen LogP) is 3.28. The van der Waals surface area contributed by atoms with Crippen LogP contribution < -0.4 is 0 Å². The quantitative estimate of drug-likeness (QED) is 0.755. The summed E-state index contributed by atoms with van der Waals surface area (Å²) >= 11 is 0. The summed E-state index contributed by atoms with van der Waals surface area (Å²) in [7, 11) is -1.55. The van der Waals surface area contributed by atoms with E-state index >= 15 is 0 Å². The fourth-order valence-electron chi connectivity index (χ4n) is 1.52. The van der Waals surface area contributed by atoms with Gasteiger partial charge in [-0.05, 0) is 37.3 Å². The molecule has 0 fully saturated rings. The average Bonchev–Trinajstić information content (AvgIpc) is 2.39. The molecule has 0 aromatic heterocycles. The third-order valence-corrected chi connectivity index (χ3v) is 3.95. The Balaban J connectivity index is 2.46. The molecule has 0 spiro atoms. The van der Waals surface area contributed by atoms with E-state index in [1.54, 1.807) is 12.1 Å². The molecule has 2 aromatic rings. The van der Waals surface area contributed by atoms with Crippen molar-refractivity contribution in [1.29, 1.82) is 0 Å². The Morgan fingerprint density at radius 1 is 1.17 bits per heavy atom. The fourth-order valence-corrected chi connectivity index (χ4v) is 2.64. The molecule has 18 heavy (non-hydrogen) atoms. The minimum Gasteiger partial charge on any atom is -0.249 e. The van der Waals surface area contributed by atoms with Crippen LogP contribution in [-0.2, 0) is 10.8 Å². The van der Waals surface area contributed by atoms with E-state index in [1.807, 2.05) is 19.1 Å². The molecule has 0 N–H and O–H groups in total. The molecule has 2 rings (SSSR count). The summed E-state index contributed by atoms with van der Waals surface area (Å²) in [5, 5.41) is 0. The van der Waals surface area contributed by atoms with Crippen molar-refractivity contribution in [2.45, 2.75) is 16.7 Å². The molecule has 90 valence electrons. The minimum atomic E-state index is -1.55. The molecule has 1 unspecified atom stereocenters. The van der Waals surface area contributed by atoms with Crippen LogP contribution in [0.5, 0.6) is 0 Å². The van der Waals surface area contributed by atoms with Gasteiger partial charge in [-0.25, -0.2) is 8.60 Å². The van der Waals surface area contributed by atoms with Gasteiger partial charge in [0.15, 0.2) is 0 Å². The smallest absolute Gasteiger partial charge is 0.139 e. The van der Waals surface area contributed by atoms with Crippen LogP contribution in [-0.4, -0.2) is 4.21 Å². The Morgan fingerprint density at radius 2 is 1.83 bits per heavy atom. The Labute approximate surface area is 108 Å². The second kappa shape index (κ2) is 5.16. The first kappa shape index (κ1) is 12.5. The van der Waals surface area contributed by atoms with Crippen molar-refractivity contribution in [2.24, 2.45) is 0 Å². The number of halogens is 1. The first-order valence-electron chi connectivity index (χ1n) is 5.36. The van der Waals surface area contributed by atoms with Crippen molar-refractivity contribution in [3.63, 3.8) is 0 Å². The topological polar surface area (TPSA) is 17.1 Å². The largest absolute Gasteiger partial charge is 0.249 e. The van der Waals surface area contributed by atoms with Gasteiger partial charge in [-0.3, -0.25) is 0 Å². The van der Waals surface area contributed by atoms with Crippen LogP contribution >= 0.6 is 0 Å². The average molecular weight is 258 g/mol. The highest BCUT2D eigenvalue weighted by molar-refractivity contribution is 7.85. The number of hydrogen-bond acceptors (Lipinski definition) is 1. The molecule has 0 aliphatic rings. The Hall–Kier alpha value is -1.92. The molecule has 0 aliphatic carbocycles. The van der Waals surface area contributed by atoms with Crippen molar-refractivity contribution in [3.05, 3.63) is 59.4 Å². The Kier molecular flexibility index (Phi) is 3.59. The van der Waals surface area contributed by atoms with Gasteiger partial charge in [-0.2, -0.15) is 0 Å². The van der Waals surface area contributed by atoms with Crippen LogP contribution in [0.1, 0.15) is 11.1 Å². The van der Waals surface area contributed by atoms with Gasteiger partial charge in [-0.1, -0.05) is 23.6 Å². The molecule has 0 radical (unpaired) electrons. The first-order chi connectivity index (χ1) is 8.61. The van der Waals surface area contributed by atoms with Gasteiger partial charge in [0, 0.05) is 10.5 Å². The maximum Gasteiger partial charge on any atom is 0.139 e. The van der Waals surface area contributed by atoms with E-state index in [1.165, 1.54) is 18.2 Å². The van der Waals surface area contributed by atoms with Gasteiger partial charge in [0.2, 0.25) is 0 Å². The fraction of sp³-hybridized carbons (Fsp3) is 0.0667. The summed E-state index contributed by atoms with van der Waals surface area (Å²) in [4.78, 5) is 0.683. The van der Waals surface area contributed by atoms with Crippen molar-refractivity contribution in [3.8, 4) is 12.3 Å². The van der Waals surface area contributed by atoms with Crippen LogP contribution in [0.2, 0.25) is 0 Å². The van der Waals surface area contributed by atoms with E-state index in [0.29, 0.717) is 10.5 Å². The van der Waals surface area contributed by atoms with Gasteiger partial charge in [-0.15, -0.1) is 6.42 Å². The molecular weight excluding hydrogens is 247 g/mol. The van der Waals surface area contributed by atoms with Gasteiger partial charge < -0.3 is 0 Å². The van der Waals surface area contributed by atoms with Gasteiger partial charge >= 0.3 is 0 Å². The van der Waals surface area contributed by atoms with Crippen molar-refractivity contribution < 1.29 is 8.60 Å². The predicted molar refractivity (Wildman–Crippen MR) is 70.2 cm³/mol. The van der Waals surface area contributed by atoms with E-state index in [9.17, 15) is 8.60 Å². The molecule has 2 aromatic carbocycles. The number of aryl methyl sites for hydroxylation is 1. The number of hydrogen-bond donors (Lipinski definition) is 0. The zero-order chi connectivity index (χ0) is 13.1. The molecule has 0 saturated carbocycles. The monoisotopic (exact) mass is 258 g/mol. The Morgan fingerprint density at radius 3 is 2.44 bits per heavy atom. The highest BCUT2D eigenvalue weighted by Crippen LogP contribution is 2.20. The lowest BCUT2D eigenvalue weighted by Gasteiger charge is -2.05. The van der Waals surface area contributed by atoms with E-state index in [4.69, 9.17) is 6.42 Å². The van der Waals surface area contributed by atoms with Crippen molar-refractivity contribution in [2.75, 3.05) is 0 Å². The molecule has 1 nitrogen and oxygen atoms in total. The minimum absolute atomic E-state index is 0.120. The maximum absolute atomic E-state index is 13.7. The molecule has 3 heteroatoms. The third kappa shape index (κ3) is 2.49. The summed E-state index contributed by atoms with van der Waals surface area (Å²) in [6, 6.07) is 11.3. The molecule has 0 aliphatic heterocycles. The molecule has 0 heterocycles. The van der Waals surface area contributed by atoms with E-state index in [-0.39, 0.29) is 4.90 Å². The molecule has 0 saturated heterocycles. The standard InChI is InChI=1S/C15H11FOS/c1-3-12-6-9-14(16)15(10-12)18(17)13-7-4-11(2)5-8-13/h1,4-10H,2H3. The lowest BCUT2D eigenvalue weighted by Crippen LogP contribution is -1.97. The second-order valence-electron chi connectivity index (χ2n) is 3.87. The maximum atomic E-state index is 13.7. The lowest BCUT2D eigenvalue weighted by molar-refractivity contribution is 0.595. The van der Waals surface area contributed by atoms with Crippen LogP contribution in [0.25, 0.3) is 0 Å². The summed E-state index contributed by atoms with van der Waals surface area (Å²) in [5.41, 5.74) is 1.58. The summed E-state index contributed by atoms with van der Waals surface area (Å²) in [6.45, 7) is 1.94. The summed E-state index contributed by atoms with van der Waals surface area (Å²) in [5.74, 6) is 1.90. The number of rotatable bonds is 2. The molecule has 1 atom stereocenters. The molecule has 0 amide bonds. The summed E-state index contributed by atoms with van der Waals surface area (Å²) < 4.78 is 25.9. The second-order valence-corrected chi connectivity index (χ2v) is 5.32. The highest BCUT2D eigenvalue weighted by Gasteiger charge is 2.12. The van der Waals surface area contributed by atoms with Gasteiger partial charge in [0.1, 0.15) is 5.82 Å². The number of terminal acetylenes is 1. The normalized spacial score (nSPS) is 11.8. The van der Waals surface area contributed by atoms with Crippen LogP contribution in [0.15, 0.2) is 52.3 Å². The van der Waals surface area contributed by atoms with Crippen LogP contribution in [0.4, 0.5) is 4.39 Å². The van der Waals surface area contributed by atoms with Crippen molar-refractivity contribution >= 4 is 10.8 Å². The summed E-state index contributed by atoms with van der Waals surface area (Å²) in [6.07, 6.45) is 5.26. The molecule has 0 bridgehead atoms. The first-order valence-corrected chi connectivity index (χ1v) is 6.51. The zero-order valence-electron chi connectivity index (χ0n) is 9.81. The van der Waals surface area contributed by atoms with Gasteiger partial charge in [0.05, 0.1) is 15.7 Å². The van der Waals surface area contributed by atoms with Crippen LogP contribution in [0.3, 0.4) is 0 Å². The van der Waals surface area contributed by atoms with Crippen molar-refractivity contribution in [1.82, 2.24) is 0 Å². The number of benzene rings is 2. The lowest BCUT2D eigenvalue weighted by atomic mass is 10.2.